The SMILES string of the molecule is CNCc1cn(C[C@H]2CC3CCN2C[C@@H]3C(=O)NCc2cccnc2)nn1. The van der Waals surface area contributed by atoms with Gasteiger partial charge in [-0.2, -0.15) is 0 Å². The highest BCUT2D eigenvalue weighted by atomic mass is 16.1. The monoisotopic (exact) mass is 369 g/mol. The van der Waals surface area contributed by atoms with Gasteiger partial charge >= 0.3 is 0 Å². The van der Waals surface area contributed by atoms with Gasteiger partial charge in [0.2, 0.25) is 5.91 Å². The molecule has 0 radical (unpaired) electrons. The van der Waals surface area contributed by atoms with E-state index in [-0.39, 0.29) is 11.8 Å². The molecule has 2 aromatic rings. The topological polar surface area (TPSA) is 88.0 Å². The van der Waals surface area contributed by atoms with E-state index in [0.717, 1.165) is 50.3 Å². The van der Waals surface area contributed by atoms with E-state index in [9.17, 15) is 4.79 Å². The molecule has 144 valence electrons. The van der Waals surface area contributed by atoms with E-state index in [1.165, 1.54) is 0 Å². The van der Waals surface area contributed by atoms with Crippen LogP contribution in [0.3, 0.4) is 0 Å². The van der Waals surface area contributed by atoms with Crippen molar-refractivity contribution in [1.29, 1.82) is 0 Å². The molecule has 2 aromatic heterocycles. The number of pyridine rings is 1. The van der Waals surface area contributed by atoms with Crippen LogP contribution in [0.5, 0.6) is 0 Å². The van der Waals surface area contributed by atoms with E-state index in [2.05, 4.69) is 30.8 Å². The summed E-state index contributed by atoms with van der Waals surface area (Å²) in [6.07, 6.45) is 7.71. The third-order valence-corrected chi connectivity index (χ3v) is 5.75. The maximum Gasteiger partial charge on any atom is 0.224 e. The summed E-state index contributed by atoms with van der Waals surface area (Å²) in [6, 6.07) is 4.32. The van der Waals surface area contributed by atoms with Crippen molar-refractivity contribution >= 4 is 5.91 Å². The number of amides is 1. The highest BCUT2D eigenvalue weighted by Crippen LogP contribution is 2.36. The van der Waals surface area contributed by atoms with Crippen molar-refractivity contribution in [2.75, 3.05) is 20.1 Å². The molecule has 0 spiro atoms. The zero-order valence-corrected chi connectivity index (χ0v) is 15.7. The highest BCUT2D eigenvalue weighted by Gasteiger charge is 2.43. The van der Waals surface area contributed by atoms with Crippen LogP contribution in [0.1, 0.15) is 24.1 Å². The average Bonchev–Trinajstić information content (AvgIpc) is 3.14. The van der Waals surface area contributed by atoms with Gasteiger partial charge in [0.25, 0.3) is 0 Å². The van der Waals surface area contributed by atoms with Gasteiger partial charge in [0.15, 0.2) is 0 Å². The molecule has 8 heteroatoms. The molecule has 2 unspecified atom stereocenters. The number of carbonyl (C=O) groups is 1. The number of nitrogens with one attached hydrogen (secondary N) is 2. The van der Waals surface area contributed by atoms with Gasteiger partial charge in [0.05, 0.1) is 18.2 Å². The highest BCUT2D eigenvalue weighted by molar-refractivity contribution is 5.79. The third kappa shape index (κ3) is 4.17. The molecule has 0 saturated carbocycles. The number of nitrogens with zero attached hydrogens (tertiary/aromatic N) is 5. The van der Waals surface area contributed by atoms with E-state index < -0.39 is 0 Å². The summed E-state index contributed by atoms with van der Waals surface area (Å²) in [6.45, 7) is 4.03. The van der Waals surface area contributed by atoms with Crippen molar-refractivity contribution in [3.63, 3.8) is 0 Å². The number of carbonyl (C=O) groups excluding carboxylic acids is 1. The normalized spacial score (nSPS) is 26.9. The largest absolute Gasteiger partial charge is 0.352 e. The van der Waals surface area contributed by atoms with Gasteiger partial charge in [-0.1, -0.05) is 11.3 Å². The molecule has 3 saturated heterocycles. The Kier molecular flexibility index (Phi) is 5.45. The Morgan fingerprint density at radius 1 is 1.37 bits per heavy atom. The third-order valence-electron chi connectivity index (χ3n) is 5.75. The number of piperidine rings is 3. The molecule has 3 aliphatic heterocycles. The molecule has 5 rings (SSSR count). The van der Waals surface area contributed by atoms with Crippen LogP contribution in [-0.2, 0) is 24.4 Å². The van der Waals surface area contributed by atoms with Crippen LogP contribution in [0, 0.1) is 11.8 Å². The molecular weight excluding hydrogens is 342 g/mol. The van der Waals surface area contributed by atoms with Gasteiger partial charge in [-0.05, 0) is 44.0 Å². The molecule has 0 aliphatic carbocycles. The molecule has 3 aliphatic rings. The molecule has 2 bridgehead atoms. The molecule has 1 amide bonds. The van der Waals surface area contributed by atoms with E-state index in [1.54, 1.807) is 12.4 Å². The van der Waals surface area contributed by atoms with Crippen molar-refractivity contribution in [2.45, 2.75) is 38.5 Å². The molecule has 0 aromatic carbocycles. The minimum atomic E-state index is 0.0854. The first kappa shape index (κ1) is 18.1. The van der Waals surface area contributed by atoms with Crippen LogP contribution in [0.4, 0.5) is 0 Å². The van der Waals surface area contributed by atoms with Crippen molar-refractivity contribution < 1.29 is 4.79 Å². The predicted molar refractivity (Wildman–Crippen MR) is 100 cm³/mol. The summed E-state index contributed by atoms with van der Waals surface area (Å²) in [4.78, 5) is 19.3. The van der Waals surface area contributed by atoms with Crippen LogP contribution in [0.2, 0.25) is 0 Å². The first-order valence-corrected chi connectivity index (χ1v) is 9.67. The van der Waals surface area contributed by atoms with Crippen molar-refractivity contribution in [3.8, 4) is 0 Å². The van der Waals surface area contributed by atoms with Crippen LogP contribution in [0.25, 0.3) is 0 Å². The second-order valence-corrected chi connectivity index (χ2v) is 7.58. The maximum atomic E-state index is 12.7. The van der Waals surface area contributed by atoms with Gasteiger partial charge in [0, 0.05) is 44.3 Å². The fourth-order valence-electron chi connectivity index (χ4n) is 4.35. The second kappa shape index (κ2) is 8.14. The minimum Gasteiger partial charge on any atom is -0.352 e. The minimum absolute atomic E-state index is 0.0854. The lowest BCUT2D eigenvalue weighted by atomic mass is 9.75. The summed E-state index contributed by atoms with van der Waals surface area (Å²) in [5.74, 6) is 0.709. The molecule has 2 N–H and O–H groups in total. The fraction of sp³-hybridized carbons (Fsp3) is 0.579. The standard InChI is InChI=1S/C19H27N7O/c1-20-10-16-11-26(24-23-16)12-17-7-15-4-6-25(17)13-18(15)19(27)22-9-14-3-2-5-21-8-14/h2-3,5,8,11,15,17-18,20H,4,6-7,9-10,12-13H2,1H3,(H,22,27)/t15?,17-,18+/m1/s1. The van der Waals surface area contributed by atoms with Crippen LogP contribution in [0.15, 0.2) is 30.7 Å². The molecule has 5 heterocycles. The van der Waals surface area contributed by atoms with Gasteiger partial charge in [-0.25, -0.2) is 0 Å². The Morgan fingerprint density at radius 3 is 3.04 bits per heavy atom. The molecule has 27 heavy (non-hydrogen) atoms. The Morgan fingerprint density at radius 2 is 2.30 bits per heavy atom. The summed E-state index contributed by atoms with van der Waals surface area (Å²) in [5, 5.41) is 14.6. The predicted octanol–water partition coefficient (Wildman–Crippen LogP) is 0.419. The summed E-state index contributed by atoms with van der Waals surface area (Å²) >= 11 is 0. The van der Waals surface area contributed by atoms with E-state index >= 15 is 0 Å². The number of hydrogen-bond donors (Lipinski definition) is 2. The fourth-order valence-corrected chi connectivity index (χ4v) is 4.35. The smallest absolute Gasteiger partial charge is 0.224 e. The number of rotatable bonds is 7. The van der Waals surface area contributed by atoms with Crippen molar-refractivity contribution in [2.24, 2.45) is 11.8 Å². The van der Waals surface area contributed by atoms with E-state index in [4.69, 9.17) is 0 Å². The lowest BCUT2D eigenvalue weighted by Gasteiger charge is -2.49. The van der Waals surface area contributed by atoms with Crippen molar-refractivity contribution in [1.82, 2.24) is 35.5 Å². The van der Waals surface area contributed by atoms with E-state index in [0.29, 0.717) is 18.5 Å². The quantitative estimate of drug-likeness (QED) is 0.735. The zero-order valence-electron chi connectivity index (χ0n) is 15.7. The summed E-state index contributed by atoms with van der Waals surface area (Å²) in [7, 11) is 1.91. The van der Waals surface area contributed by atoms with E-state index in [1.807, 2.05) is 30.1 Å². The molecule has 4 atom stereocenters. The van der Waals surface area contributed by atoms with Crippen LogP contribution in [-0.4, -0.2) is 57.0 Å². The molecule has 8 nitrogen and oxygen atoms in total. The first-order chi connectivity index (χ1) is 13.2. The maximum absolute atomic E-state index is 12.7. The summed E-state index contributed by atoms with van der Waals surface area (Å²) in [5.41, 5.74) is 2.00. The van der Waals surface area contributed by atoms with Gasteiger partial charge < -0.3 is 10.6 Å². The Hall–Kier alpha value is -2.32. The second-order valence-electron chi connectivity index (χ2n) is 7.58. The Labute approximate surface area is 159 Å². The number of hydrogen-bond acceptors (Lipinski definition) is 6. The lowest BCUT2D eigenvalue weighted by Crippen LogP contribution is -2.58. The Bertz CT molecular complexity index is 762. The average molecular weight is 369 g/mol. The first-order valence-electron chi connectivity index (χ1n) is 9.67. The number of aromatic nitrogens is 4. The van der Waals surface area contributed by atoms with Crippen LogP contribution >= 0.6 is 0 Å². The van der Waals surface area contributed by atoms with Gasteiger partial charge in [-0.15, -0.1) is 5.10 Å². The molecular formula is C19H27N7O. The lowest BCUT2D eigenvalue weighted by molar-refractivity contribution is -0.133. The Balaban J connectivity index is 1.32. The molecule has 3 fully saturated rings. The zero-order chi connectivity index (χ0) is 18.6. The number of fused-ring (bicyclic) bond motifs is 3. The summed E-state index contributed by atoms with van der Waals surface area (Å²) < 4.78 is 1.94. The van der Waals surface area contributed by atoms with Crippen molar-refractivity contribution in [3.05, 3.63) is 42.0 Å². The van der Waals surface area contributed by atoms with Crippen LogP contribution < -0.4 is 10.6 Å². The van der Waals surface area contributed by atoms with Gasteiger partial charge in [-0.3, -0.25) is 19.4 Å². The van der Waals surface area contributed by atoms with Gasteiger partial charge in [0.1, 0.15) is 0 Å².